The number of fused-ring (bicyclic) bond motifs is 1. The number of nitrogens with one attached hydrogen (secondary N) is 1. The number of carbonyl (C=O) groups is 1. The second-order valence-corrected chi connectivity index (χ2v) is 6.90. The Labute approximate surface area is 146 Å². The van der Waals surface area contributed by atoms with Crippen LogP contribution in [0.3, 0.4) is 0 Å². The van der Waals surface area contributed by atoms with Gasteiger partial charge >= 0.3 is 0 Å². The lowest BCUT2D eigenvalue weighted by atomic mass is 10.1. The predicted octanol–water partition coefficient (Wildman–Crippen LogP) is 3.46. The molecule has 2 aromatic heterocycles. The van der Waals surface area contributed by atoms with E-state index in [1.54, 1.807) is 0 Å². The number of amides is 1. The van der Waals surface area contributed by atoms with Crippen molar-refractivity contribution < 1.29 is 4.79 Å². The number of nitrogens with zero attached hydrogens (tertiary/aromatic N) is 3. The molecule has 1 aromatic carbocycles. The summed E-state index contributed by atoms with van der Waals surface area (Å²) in [6.45, 7) is 1.97. The Kier molecular flexibility index (Phi) is 4.97. The van der Waals surface area contributed by atoms with E-state index in [1.165, 1.54) is 11.8 Å². The maximum absolute atomic E-state index is 12.1. The predicted molar refractivity (Wildman–Crippen MR) is 94.4 cm³/mol. The molecule has 0 bridgehead atoms. The lowest BCUT2D eigenvalue weighted by Gasteiger charge is -2.14. The molecule has 0 aliphatic carbocycles. The molecule has 0 radical (unpaired) electrons. The molecule has 0 saturated heterocycles. The minimum absolute atomic E-state index is 0.0295. The number of halogens is 1. The highest BCUT2D eigenvalue weighted by Gasteiger charge is 2.12. The number of thioether (sulfide) groups is 1. The maximum atomic E-state index is 12.1. The van der Waals surface area contributed by atoms with Gasteiger partial charge in [0.2, 0.25) is 5.91 Å². The second kappa shape index (κ2) is 7.14. The summed E-state index contributed by atoms with van der Waals surface area (Å²) in [5, 5.41) is 11.9. The van der Waals surface area contributed by atoms with Gasteiger partial charge in [-0.25, -0.2) is 0 Å². The molecule has 3 rings (SSSR count). The van der Waals surface area contributed by atoms with Gasteiger partial charge in [-0.3, -0.25) is 9.20 Å². The van der Waals surface area contributed by atoms with E-state index in [9.17, 15) is 4.79 Å². The molecular weight excluding hydrogens is 376 g/mol. The fourth-order valence-electron chi connectivity index (χ4n) is 2.17. The fourth-order valence-corrected chi connectivity index (χ4v) is 3.17. The van der Waals surface area contributed by atoms with Crippen molar-refractivity contribution in [1.29, 1.82) is 0 Å². The average molecular weight is 391 g/mol. The summed E-state index contributed by atoms with van der Waals surface area (Å²) in [7, 11) is 0. The van der Waals surface area contributed by atoms with Crippen molar-refractivity contribution in [1.82, 2.24) is 19.9 Å². The van der Waals surface area contributed by atoms with Crippen LogP contribution in [0.4, 0.5) is 0 Å². The van der Waals surface area contributed by atoms with Gasteiger partial charge in [0.15, 0.2) is 10.8 Å². The van der Waals surface area contributed by atoms with E-state index < -0.39 is 0 Å². The van der Waals surface area contributed by atoms with Crippen molar-refractivity contribution in [2.75, 3.05) is 5.75 Å². The Morgan fingerprint density at radius 1 is 1.26 bits per heavy atom. The van der Waals surface area contributed by atoms with Gasteiger partial charge in [0.25, 0.3) is 0 Å². The van der Waals surface area contributed by atoms with E-state index in [-0.39, 0.29) is 11.9 Å². The van der Waals surface area contributed by atoms with Crippen LogP contribution >= 0.6 is 27.7 Å². The molecule has 1 atom stereocenters. The van der Waals surface area contributed by atoms with E-state index in [0.717, 1.165) is 15.7 Å². The first kappa shape index (κ1) is 16.0. The first-order valence-corrected chi connectivity index (χ1v) is 8.89. The topological polar surface area (TPSA) is 59.3 Å². The van der Waals surface area contributed by atoms with Crippen LogP contribution in [0.2, 0.25) is 0 Å². The first-order valence-electron chi connectivity index (χ1n) is 7.11. The van der Waals surface area contributed by atoms with Crippen LogP contribution in [0.25, 0.3) is 5.65 Å². The molecule has 23 heavy (non-hydrogen) atoms. The van der Waals surface area contributed by atoms with Crippen molar-refractivity contribution in [3.05, 3.63) is 58.7 Å². The summed E-state index contributed by atoms with van der Waals surface area (Å²) in [4.78, 5) is 12.1. The molecule has 0 fully saturated rings. The molecule has 0 aliphatic heterocycles. The van der Waals surface area contributed by atoms with E-state index in [4.69, 9.17) is 0 Å². The zero-order chi connectivity index (χ0) is 16.2. The highest BCUT2D eigenvalue weighted by atomic mass is 79.9. The summed E-state index contributed by atoms with van der Waals surface area (Å²) in [6, 6.07) is 13.6. The van der Waals surface area contributed by atoms with Crippen LogP contribution in [0.1, 0.15) is 18.5 Å². The van der Waals surface area contributed by atoms with E-state index in [0.29, 0.717) is 10.9 Å². The molecule has 1 N–H and O–H groups in total. The van der Waals surface area contributed by atoms with Gasteiger partial charge in [-0.15, -0.1) is 10.2 Å². The van der Waals surface area contributed by atoms with Gasteiger partial charge in [-0.2, -0.15) is 0 Å². The van der Waals surface area contributed by atoms with Crippen molar-refractivity contribution in [2.24, 2.45) is 0 Å². The standard InChI is InChI=1S/C16H15BrN4OS/c1-11(12-5-7-13(17)8-6-12)18-15(22)10-23-16-20-19-14-4-2-3-9-21(14)16/h2-9,11H,10H2,1H3,(H,18,22)/t11-/m1/s1. The molecule has 0 unspecified atom stereocenters. The molecule has 118 valence electrons. The highest BCUT2D eigenvalue weighted by molar-refractivity contribution is 9.10. The first-order chi connectivity index (χ1) is 11.1. The monoisotopic (exact) mass is 390 g/mol. The van der Waals surface area contributed by atoms with Crippen LogP contribution < -0.4 is 5.32 Å². The second-order valence-electron chi connectivity index (χ2n) is 5.04. The highest BCUT2D eigenvalue weighted by Crippen LogP contribution is 2.18. The SMILES string of the molecule is C[C@@H](NC(=O)CSc1nnc2ccccn12)c1ccc(Br)cc1. The number of rotatable bonds is 5. The van der Waals surface area contributed by atoms with Crippen molar-refractivity contribution in [3.8, 4) is 0 Å². The summed E-state index contributed by atoms with van der Waals surface area (Å²) in [5.74, 6) is 0.273. The lowest BCUT2D eigenvalue weighted by molar-refractivity contribution is -0.119. The van der Waals surface area contributed by atoms with E-state index >= 15 is 0 Å². The zero-order valence-electron chi connectivity index (χ0n) is 12.4. The van der Waals surface area contributed by atoms with Gasteiger partial charge in [-0.1, -0.05) is 45.9 Å². The van der Waals surface area contributed by atoms with Gasteiger partial charge < -0.3 is 5.32 Å². The van der Waals surface area contributed by atoms with Crippen molar-refractivity contribution >= 4 is 39.2 Å². The quantitative estimate of drug-likeness (QED) is 0.677. The molecule has 0 aliphatic rings. The molecule has 1 amide bonds. The Hall–Kier alpha value is -1.86. The minimum atomic E-state index is -0.0358. The van der Waals surface area contributed by atoms with Crippen LogP contribution in [-0.2, 0) is 4.79 Å². The normalized spacial score (nSPS) is 12.3. The Bertz CT molecular complexity index is 818. The zero-order valence-corrected chi connectivity index (χ0v) is 14.8. The number of hydrogen-bond acceptors (Lipinski definition) is 4. The van der Waals surface area contributed by atoms with E-state index in [2.05, 4.69) is 31.4 Å². The fraction of sp³-hybridized carbons (Fsp3) is 0.188. The Balaban J connectivity index is 1.58. The molecule has 0 saturated carbocycles. The average Bonchev–Trinajstić information content (AvgIpc) is 2.97. The number of aromatic nitrogens is 3. The minimum Gasteiger partial charge on any atom is -0.349 e. The number of hydrogen-bond donors (Lipinski definition) is 1. The number of pyridine rings is 1. The number of carbonyl (C=O) groups excluding carboxylic acids is 1. The summed E-state index contributed by atoms with van der Waals surface area (Å²) < 4.78 is 2.89. The lowest BCUT2D eigenvalue weighted by Crippen LogP contribution is -2.28. The molecule has 2 heterocycles. The third kappa shape index (κ3) is 3.92. The molecule has 5 nitrogen and oxygen atoms in total. The van der Waals surface area contributed by atoms with E-state index in [1.807, 2.05) is 60.0 Å². The third-order valence-electron chi connectivity index (χ3n) is 3.36. The molecule has 7 heteroatoms. The maximum Gasteiger partial charge on any atom is 0.230 e. The Morgan fingerprint density at radius 2 is 2.04 bits per heavy atom. The molecule has 3 aromatic rings. The number of benzene rings is 1. The Morgan fingerprint density at radius 3 is 2.83 bits per heavy atom. The van der Waals surface area contributed by atoms with Gasteiger partial charge in [0.05, 0.1) is 11.8 Å². The van der Waals surface area contributed by atoms with Gasteiger partial charge in [0, 0.05) is 10.7 Å². The van der Waals surface area contributed by atoms with Crippen molar-refractivity contribution in [3.63, 3.8) is 0 Å². The summed E-state index contributed by atoms with van der Waals surface area (Å²) in [6.07, 6.45) is 1.89. The van der Waals surface area contributed by atoms with Gasteiger partial charge in [-0.05, 0) is 36.8 Å². The van der Waals surface area contributed by atoms with Crippen molar-refractivity contribution in [2.45, 2.75) is 18.1 Å². The van der Waals surface area contributed by atoms with Crippen LogP contribution in [-0.4, -0.2) is 26.3 Å². The van der Waals surface area contributed by atoms with Gasteiger partial charge in [0.1, 0.15) is 0 Å². The van der Waals surface area contributed by atoms with Crippen LogP contribution in [0, 0.1) is 0 Å². The summed E-state index contributed by atoms with van der Waals surface area (Å²) >= 11 is 4.78. The third-order valence-corrected chi connectivity index (χ3v) is 4.83. The molecule has 0 spiro atoms. The van der Waals surface area contributed by atoms with Crippen LogP contribution in [0.5, 0.6) is 0 Å². The van der Waals surface area contributed by atoms with Crippen LogP contribution in [0.15, 0.2) is 58.3 Å². The molecular formula is C16H15BrN4OS. The smallest absolute Gasteiger partial charge is 0.230 e. The summed E-state index contributed by atoms with van der Waals surface area (Å²) in [5.41, 5.74) is 1.85. The largest absolute Gasteiger partial charge is 0.349 e.